The average Bonchev–Trinajstić information content (AvgIpc) is 3.06. The van der Waals surface area contributed by atoms with Crippen LogP contribution in [0.25, 0.3) is 21.7 Å². The molecule has 0 unspecified atom stereocenters. The van der Waals surface area contributed by atoms with Crippen LogP contribution in [0.2, 0.25) is 0 Å². The van der Waals surface area contributed by atoms with E-state index in [0.717, 1.165) is 11.1 Å². The number of anilines is 1. The van der Waals surface area contributed by atoms with Gasteiger partial charge < -0.3 is 9.15 Å². The quantitative estimate of drug-likeness (QED) is 0.355. The highest BCUT2D eigenvalue weighted by atomic mass is 32.2. The lowest BCUT2D eigenvalue weighted by atomic mass is 10.0. The van der Waals surface area contributed by atoms with Crippen LogP contribution in [-0.4, -0.2) is 20.5 Å². The van der Waals surface area contributed by atoms with Crippen LogP contribution in [0, 0.1) is 27.7 Å². The van der Waals surface area contributed by atoms with Gasteiger partial charge in [0.1, 0.15) is 16.9 Å². The highest BCUT2D eigenvalue weighted by Crippen LogP contribution is 2.38. The SMILES string of the molecule is Cc1cc(C)c(S(=O)(=O)Nc2cc3c(C(=O)OC(C)C)c(C)oc3c3ccccc23)cc1C. The van der Waals surface area contributed by atoms with Crippen molar-refractivity contribution in [2.45, 2.75) is 52.5 Å². The van der Waals surface area contributed by atoms with Gasteiger partial charge in [0.2, 0.25) is 0 Å². The van der Waals surface area contributed by atoms with E-state index in [1.165, 1.54) is 0 Å². The molecule has 0 aliphatic rings. The molecule has 7 heteroatoms. The van der Waals surface area contributed by atoms with E-state index >= 15 is 0 Å². The summed E-state index contributed by atoms with van der Waals surface area (Å²) in [5.41, 5.74) is 3.77. The van der Waals surface area contributed by atoms with Gasteiger partial charge in [0, 0.05) is 16.2 Å². The van der Waals surface area contributed by atoms with E-state index in [4.69, 9.17) is 9.15 Å². The largest absolute Gasteiger partial charge is 0.460 e. The van der Waals surface area contributed by atoms with Gasteiger partial charge in [-0.15, -0.1) is 0 Å². The Bertz CT molecular complexity index is 1510. The minimum Gasteiger partial charge on any atom is -0.460 e. The van der Waals surface area contributed by atoms with Gasteiger partial charge in [-0.05, 0) is 70.4 Å². The van der Waals surface area contributed by atoms with Crippen molar-refractivity contribution in [1.29, 1.82) is 0 Å². The van der Waals surface area contributed by atoms with Crippen molar-refractivity contribution >= 4 is 43.4 Å². The first kappa shape index (κ1) is 22.9. The molecule has 3 aromatic carbocycles. The van der Waals surface area contributed by atoms with Crippen molar-refractivity contribution in [2.24, 2.45) is 0 Å². The Kier molecular flexibility index (Phi) is 5.70. The molecule has 0 saturated heterocycles. The summed E-state index contributed by atoms with van der Waals surface area (Å²) in [6, 6.07) is 12.5. The molecule has 0 bridgehead atoms. The van der Waals surface area contributed by atoms with E-state index in [0.29, 0.717) is 44.3 Å². The maximum absolute atomic E-state index is 13.4. The van der Waals surface area contributed by atoms with Crippen molar-refractivity contribution in [1.82, 2.24) is 0 Å². The number of rotatable bonds is 5. The fourth-order valence-electron chi connectivity index (χ4n) is 4.07. The van der Waals surface area contributed by atoms with Gasteiger partial charge in [0.15, 0.2) is 0 Å². The van der Waals surface area contributed by atoms with E-state index in [2.05, 4.69) is 4.72 Å². The number of fused-ring (bicyclic) bond motifs is 3. The van der Waals surface area contributed by atoms with Gasteiger partial charge in [0.05, 0.1) is 16.7 Å². The number of hydrogen-bond donors (Lipinski definition) is 1. The Morgan fingerprint density at radius 2 is 1.55 bits per heavy atom. The number of furan rings is 1. The molecular weight excluding hydrogens is 438 g/mol. The van der Waals surface area contributed by atoms with Crippen molar-refractivity contribution in [3.05, 3.63) is 70.5 Å². The third-order valence-electron chi connectivity index (χ3n) is 5.74. The Balaban J connectivity index is 1.94. The second kappa shape index (κ2) is 8.23. The maximum atomic E-state index is 13.4. The molecule has 1 aromatic heterocycles. The third kappa shape index (κ3) is 4.09. The molecule has 1 heterocycles. The molecule has 0 atom stereocenters. The van der Waals surface area contributed by atoms with Crippen LogP contribution in [0.4, 0.5) is 5.69 Å². The van der Waals surface area contributed by atoms with Gasteiger partial charge in [-0.25, -0.2) is 13.2 Å². The van der Waals surface area contributed by atoms with Crippen LogP contribution in [0.1, 0.15) is 46.7 Å². The summed E-state index contributed by atoms with van der Waals surface area (Å²) in [5.74, 6) is -0.0823. The second-order valence-electron chi connectivity index (χ2n) is 8.64. The summed E-state index contributed by atoms with van der Waals surface area (Å²) in [5, 5.41) is 1.88. The zero-order valence-electron chi connectivity index (χ0n) is 19.6. The maximum Gasteiger partial charge on any atom is 0.342 e. The Morgan fingerprint density at radius 3 is 2.21 bits per heavy atom. The summed E-state index contributed by atoms with van der Waals surface area (Å²) in [4.78, 5) is 13.0. The van der Waals surface area contributed by atoms with E-state index in [1.54, 1.807) is 39.8 Å². The van der Waals surface area contributed by atoms with Gasteiger partial charge >= 0.3 is 5.97 Å². The number of hydrogen-bond acceptors (Lipinski definition) is 5. The standard InChI is InChI=1S/C26H27NO5S/c1-14(2)31-26(28)24-18(6)32-25-20-10-8-7-9-19(20)22(13-21(24)25)27-33(29,30)23-12-16(4)15(3)11-17(23)5/h7-14,27H,1-6H3. The number of benzene rings is 3. The Labute approximate surface area is 193 Å². The number of esters is 1. The van der Waals surface area contributed by atoms with Gasteiger partial charge in [-0.2, -0.15) is 0 Å². The summed E-state index contributed by atoms with van der Waals surface area (Å²) in [6.45, 7) is 10.9. The lowest BCUT2D eigenvalue weighted by molar-refractivity contribution is 0.0378. The molecule has 0 aliphatic carbocycles. The molecule has 0 spiro atoms. The molecule has 1 N–H and O–H groups in total. The molecule has 4 rings (SSSR count). The van der Waals surface area contributed by atoms with Crippen molar-refractivity contribution in [3.63, 3.8) is 0 Å². The summed E-state index contributed by atoms with van der Waals surface area (Å²) in [7, 11) is -3.89. The van der Waals surface area contributed by atoms with Gasteiger partial charge in [0.25, 0.3) is 10.0 Å². The first-order valence-corrected chi connectivity index (χ1v) is 12.2. The van der Waals surface area contributed by atoms with Crippen LogP contribution in [-0.2, 0) is 14.8 Å². The number of nitrogens with one attached hydrogen (secondary N) is 1. The van der Waals surface area contributed by atoms with E-state index in [-0.39, 0.29) is 11.0 Å². The normalized spacial score (nSPS) is 12.0. The zero-order chi connectivity index (χ0) is 24.1. The number of aryl methyl sites for hydroxylation is 4. The number of ether oxygens (including phenoxy) is 1. The summed E-state index contributed by atoms with van der Waals surface area (Å²) < 4.78 is 40.9. The average molecular weight is 466 g/mol. The smallest absolute Gasteiger partial charge is 0.342 e. The monoisotopic (exact) mass is 465 g/mol. The minimum atomic E-state index is -3.89. The Hall–Kier alpha value is -3.32. The molecule has 172 valence electrons. The lowest BCUT2D eigenvalue weighted by Crippen LogP contribution is -2.15. The van der Waals surface area contributed by atoms with Crippen molar-refractivity contribution in [2.75, 3.05) is 4.72 Å². The molecule has 33 heavy (non-hydrogen) atoms. The number of carbonyl (C=O) groups excluding carboxylic acids is 1. The van der Waals surface area contributed by atoms with Crippen LogP contribution in [0.3, 0.4) is 0 Å². The van der Waals surface area contributed by atoms with E-state index in [9.17, 15) is 13.2 Å². The minimum absolute atomic E-state index is 0.220. The topological polar surface area (TPSA) is 85.6 Å². The number of sulfonamides is 1. The molecular formula is C26H27NO5S. The molecule has 6 nitrogen and oxygen atoms in total. The molecule has 0 radical (unpaired) electrons. The molecule has 0 aliphatic heterocycles. The predicted molar refractivity (Wildman–Crippen MR) is 130 cm³/mol. The van der Waals surface area contributed by atoms with E-state index < -0.39 is 16.0 Å². The van der Waals surface area contributed by atoms with E-state index in [1.807, 2.05) is 44.2 Å². The van der Waals surface area contributed by atoms with Gasteiger partial charge in [-0.1, -0.05) is 30.3 Å². The zero-order valence-corrected chi connectivity index (χ0v) is 20.4. The van der Waals surface area contributed by atoms with Crippen LogP contribution in [0.5, 0.6) is 0 Å². The second-order valence-corrected chi connectivity index (χ2v) is 10.3. The van der Waals surface area contributed by atoms with Crippen LogP contribution in [0.15, 0.2) is 51.8 Å². The lowest BCUT2D eigenvalue weighted by Gasteiger charge is -2.15. The molecule has 0 amide bonds. The first-order valence-electron chi connectivity index (χ1n) is 10.8. The van der Waals surface area contributed by atoms with Crippen molar-refractivity contribution < 1.29 is 22.4 Å². The highest BCUT2D eigenvalue weighted by molar-refractivity contribution is 7.92. The molecule has 4 aromatic rings. The van der Waals surface area contributed by atoms with Crippen LogP contribution < -0.4 is 4.72 Å². The fourth-order valence-corrected chi connectivity index (χ4v) is 5.46. The fraction of sp³-hybridized carbons (Fsp3) is 0.269. The predicted octanol–water partition coefficient (Wildman–Crippen LogP) is 6.19. The van der Waals surface area contributed by atoms with Crippen LogP contribution >= 0.6 is 0 Å². The third-order valence-corrected chi connectivity index (χ3v) is 7.25. The summed E-state index contributed by atoms with van der Waals surface area (Å²) in [6.07, 6.45) is -0.298. The Morgan fingerprint density at radius 1 is 0.909 bits per heavy atom. The first-order chi connectivity index (χ1) is 15.5. The molecule has 0 saturated carbocycles. The van der Waals surface area contributed by atoms with Crippen molar-refractivity contribution in [3.8, 4) is 0 Å². The summed E-state index contributed by atoms with van der Waals surface area (Å²) >= 11 is 0. The van der Waals surface area contributed by atoms with Gasteiger partial charge in [-0.3, -0.25) is 4.72 Å². The molecule has 0 fully saturated rings. The number of carbonyl (C=O) groups is 1. The highest BCUT2D eigenvalue weighted by Gasteiger charge is 2.25.